The van der Waals surface area contributed by atoms with Crippen molar-refractivity contribution in [3.05, 3.63) is 34.7 Å². The smallest absolute Gasteiger partial charge is 0.280 e. The zero-order chi connectivity index (χ0) is 12.4. The van der Waals surface area contributed by atoms with Crippen molar-refractivity contribution in [2.75, 3.05) is 7.11 Å². The molecule has 88 valence electrons. The molecule has 0 atom stereocenters. The molecule has 0 unspecified atom stereocenters. The van der Waals surface area contributed by atoms with Gasteiger partial charge in [0.25, 0.3) is 5.91 Å². The van der Waals surface area contributed by atoms with Gasteiger partial charge < -0.3 is 4.74 Å². The van der Waals surface area contributed by atoms with Gasteiger partial charge in [0.05, 0.1) is 12.0 Å². The molecule has 1 aliphatic rings. The molecule has 2 rings (SSSR count). The van der Waals surface area contributed by atoms with Crippen LogP contribution in [0.15, 0.2) is 29.2 Å². The first-order chi connectivity index (χ1) is 8.13. The third-order valence-corrected chi connectivity index (χ3v) is 3.58. The molecule has 1 aromatic rings. The van der Waals surface area contributed by atoms with Gasteiger partial charge in [-0.1, -0.05) is 42.2 Å². The quantitative estimate of drug-likeness (QED) is 0.383. The van der Waals surface area contributed by atoms with Crippen molar-refractivity contribution in [1.82, 2.24) is 5.01 Å². The van der Waals surface area contributed by atoms with E-state index in [4.69, 9.17) is 22.8 Å². The molecule has 6 heteroatoms. The van der Waals surface area contributed by atoms with Crippen LogP contribution in [-0.2, 0) is 4.79 Å². The molecule has 1 aromatic carbocycles. The van der Waals surface area contributed by atoms with E-state index in [1.54, 1.807) is 13.2 Å². The van der Waals surface area contributed by atoms with Crippen molar-refractivity contribution in [1.29, 1.82) is 0 Å². The van der Waals surface area contributed by atoms with Crippen LogP contribution in [0.5, 0.6) is 5.75 Å². The van der Waals surface area contributed by atoms with Crippen LogP contribution < -0.4 is 10.6 Å². The number of hydrogen-bond donors (Lipinski definition) is 1. The van der Waals surface area contributed by atoms with Crippen LogP contribution in [0, 0.1) is 0 Å². The maximum Gasteiger partial charge on any atom is 0.280 e. The lowest BCUT2D eigenvalue weighted by Crippen LogP contribution is -2.34. The summed E-state index contributed by atoms with van der Waals surface area (Å²) in [6, 6.07) is 7.43. The third kappa shape index (κ3) is 2.33. The average molecular weight is 266 g/mol. The first kappa shape index (κ1) is 12.1. The number of hydrazine groups is 1. The van der Waals surface area contributed by atoms with Gasteiger partial charge in [0.2, 0.25) is 0 Å². The van der Waals surface area contributed by atoms with Crippen molar-refractivity contribution in [3.63, 3.8) is 0 Å². The van der Waals surface area contributed by atoms with E-state index >= 15 is 0 Å². The Morgan fingerprint density at radius 1 is 1.47 bits per heavy atom. The van der Waals surface area contributed by atoms with E-state index in [1.165, 1.54) is 11.8 Å². The van der Waals surface area contributed by atoms with Crippen LogP contribution in [0.3, 0.4) is 0 Å². The standard InChI is InChI=1S/C11H10N2O2S2/c1-15-8-5-3-2-4-7(8)6-9-10(14)13(12)11(16)17-9/h2-6H,12H2,1H3/b9-6+. The second-order valence-electron chi connectivity index (χ2n) is 3.29. The number of carbonyl (C=O) groups excluding carboxylic acids is 1. The number of benzene rings is 1. The fourth-order valence-electron chi connectivity index (χ4n) is 1.41. The molecule has 17 heavy (non-hydrogen) atoms. The highest BCUT2D eigenvalue weighted by Gasteiger charge is 2.29. The highest BCUT2D eigenvalue weighted by Crippen LogP contribution is 2.32. The van der Waals surface area contributed by atoms with E-state index in [0.717, 1.165) is 10.6 Å². The van der Waals surface area contributed by atoms with Gasteiger partial charge in [0.1, 0.15) is 5.75 Å². The van der Waals surface area contributed by atoms with Crippen LogP contribution in [0.4, 0.5) is 0 Å². The van der Waals surface area contributed by atoms with Gasteiger partial charge in [0, 0.05) is 5.56 Å². The molecular weight excluding hydrogens is 256 g/mol. The fraction of sp³-hybridized carbons (Fsp3) is 0.0909. The minimum atomic E-state index is -0.286. The number of nitrogens with two attached hydrogens (primary N) is 1. The van der Waals surface area contributed by atoms with Crippen molar-refractivity contribution < 1.29 is 9.53 Å². The van der Waals surface area contributed by atoms with Gasteiger partial charge in [-0.3, -0.25) is 4.79 Å². The molecule has 0 bridgehead atoms. The number of amides is 1. The summed E-state index contributed by atoms with van der Waals surface area (Å²) < 4.78 is 5.56. The van der Waals surface area contributed by atoms with Crippen molar-refractivity contribution in [2.24, 2.45) is 5.84 Å². The van der Waals surface area contributed by atoms with Crippen molar-refractivity contribution in [3.8, 4) is 5.75 Å². The van der Waals surface area contributed by atoms with E-state index in [-0.39, 0.29) is 5.91 Å². The Hall–Kier alpha value is -1.37. The number of thioether (sulfide) groups is 1. The van der Waals surface area contributed by atoms with Gasteiger partial charge in [-0.25, -0.2) is 10.9 Å². The lowest BCUT2D eigenvalue weighted by atomic mass is 10.2. The molecule has 0 radical (unpaired) electrons. The van der Waals surface area contributed by atoms with Gasteiger partial charge in [-0.05, 0) is 12.1 Å². The zero-order valence-electron chi connectivity index (χ0n) is 9.04. The SMILES string of the molecule is COc1ccccc1/C=C1/SC(=S)N(N)C1=O. The Morgan fingerprint density at radius 2 is 2.18 bits per heavy atom. The van der Waals surface area contributed by atoms with Crippen LogP contribution in [-0.4, -0.2) is 22.3 Å². The number of carbonyl (C=O) groups is 1. The first-order valence-corrected chi connectivity index (χ1v) is 6.01. The molecule has 0 saturated carbocycles. The minimum absolute atomic E-state index is 0.286. The number of rotatable bonds is 2. The van der Waals surface area contributed by atoms with E-state index in [1.807, 2.05) is 24.3 Å². The van der Waals surface area contributed by atoms with Gasteiger partial charge in [-0.15, -0.1) is 0 Å². The van der Waals surface area contributed by atoms with Crippen molar-refractivity contribution in [2.45, 2.75) is 0 Å². The summed E-state index contributed by atoms with van der Waals surface area (Å²) in [5.74, 6) is 5.90. The Labute approximate surface area is 108 Å². The average Bonchev–Trinajstić information content (AvgIpc) is 2.58. The third-order valence-electron chi connectivity index (χ3n) is 2.25. The Bertz CT molecular complexity index is 514. The lowest BCUT2D eigenvalue weighted by molar-refractivity contribution is -0.122. The van der Waals surface area contributed by atoms with E-state index < -0.39 is 0 Å². The van der Waals surface area contributed by atoms with Crippen molar-refractivity contribution >= 4 is 40.3 Å². The normalized spacial score (nSPS) is 18.0. The summed E-state index contributed by atoms with van der Waals surface area (Å²) in [5.41, 5.74) is 0.823. The molecule has 1 fully saturated rings. The predicted octanol–water partition coefficient (Wildman–Crippen LogP) is 1.77. The number of nitrogens with zero attached hydrogens (tertiary/aromatic N) is 1. The summed E-state index contributed by atoms with van der Waals surface area (Å²) in [6.45, 7) is 0. The molecule has 2 N–H and O–H groups in total. The number of ether oxygens (including phenoxy) is 1. The predicted molar refractivity (Wildman–Crippen MR) is 72.2 cm³/mol. The minimum Gasteiger partial charge on any atom is -0.496 e. The van der Waals surface area contributed by atoms with E-state index in [2.05, 4.69) is 0 Å². The second kappa shape index (κ2) is 4.87. The molecule has 0 spiro atoms. The second-order valence-corrected chi connectivity index (χ2v) is 4.97. The summed E-state index contributed by atoms with van der Waals surface area (Å²) in [6.07, 6.45) is 1.73. The molecule has 1 heterocycles. The number of thiocarbonyl (C=S) groups is 1. The first-order valence-electron chi connectivity index (χ1n) is 4.79. The highest BCUT2D eigenvalue weighted by atomic mass is 32.2. The van der Waals surface area contributed by atoms with Gasteiger partial charge >= 0.3 is 0 Å². The van der Waals surface area contributed by atoms with E-state index in [0.29, 0.717) is 15.0 Å². The van der Waals surface area contributed by atoms with E-state index in [9.17, 15) is 4.79 Å². The zero-order valence-corrected chi connectivity index (χ0v) is 10.7. The Kier molecular flexibility index (Phi) is 3.46. The topological polar surface area (TPSA) is 55.6 Å². The van der Waals surface area contributed by atoms with Crippen LogP contribution in [0.25, 0.3) is 6.08 Å². The molecule has 0 aliphatic carbocycles. The van der Waals surface area contributed by atoms with Crippen LogP contribution in [0.1, 0.15) is 5.56 Å². The Balaban J connectivity index is 2.37. The van der Waals surface area contributed by atoms with Crippen LogP contribution in [0.2, 0.25) is 0 Å². The van der Waals surface area contributed by atoms with Gasteiger partial charge in [-0.2, -0.15) is 0 Å². The largest absolute Gasteiger partial charge is 0.496 e. The molecule has 1 amide bonds. The molecule has 4 nitrogen and oxygen atoms in total. The fourth-order valence-corrected chi connectivity index (χ4v) is 2.50. The number of para-hydroxylation sites is 1. The summed E-state index contributed by atoms with van der Waals surface area (Å²) in [5, 5.41) is 0.973. The Morgan fingerprint density at radius 3 is 2.76 bits per heavy atom. The summed E-state index contributed by atoms with van der Waals surface area (Å²) in [7, 11) is 1.58. The molecule has 0 aromatic heterocycles. The lowest BCUT2D eigenvalue weighted by Gasteiger charge is -2.04. The number of methoxy groups -OCH3 is 1. The van der Waals surface area contributed by atoms with Crippen LogP contribution >= 0.6 is 24.0 Å². The maximum atomic E-state index is 11.7. The summed E-state index contributed by atoms with van der Waals surface area (Å²) in [4.78, 5) is 12.2. The number of hydrogen-bond acceptors (Lipinski definition) is 5. The highest BCUT2D eigenvalue weighted by molar-refractivity contribution is 8.26. The summed E-state index contributed by atoms with van der Waals surface area (Å²) >= 11 is 6.13. The monoisotopic (exact) mass is 266 g/mol. The van der Waals surface area contributed by atoms with Gasteiger partial charge in [0.15, 0.2) is 4.32 Å². The maximum absolute atomic E-state index is 11.7. The molecular formula is C11H10N2O2S2. The molecule has 1 saturated heterocycles. The molecule has 1 aliphatic heterocycles.